The van der Waals surface area contributed by atoms with Crippen molar-refractivity contribution in [2.24, 2.45) is 23.7 Å². The monoisotopic (exact) mass is 716 g/mol. The first-order valence-corrected chi connectivity index (χ1v) is 20.3. The van der Waals surface area contributed by atoms with Crippen LogP contribution in [0, 0.1) is 30.6 Å². The zero-order valence-corrected chi connectivity index (χ0v) is 31.9. The van der Waals surface area contributed by atoms with Crippen molar-refractivity contribution in [1.82, 2.24) is 4.57 Å². The Kier molecular flexibility index (Phi) is 8.66. The Morgan fingerprint density at radius 1 is 0.564 bits per heavy atom. The molecular weight excluding hydrogens is 669 g/mol. The molecule has 10 rings (SSSR count). The molecule has 7 aromatic carbocycles. The van der Waals surface area contributed by atoms with Crippen LogP contribution in [-0.4, -0.2) is 4.57 Å². The second-order valence-corrected chi connectivity index (χ2v) is 16.5. The number of fused-ring (bicyclic) bond motifs is 6. The van der Waals surface area contributed by atoms with E-state index in [0.717, 1.165) is 58.3 Å². The number of hydrogen-bond donors (Lipinski definition) is 0. The van der Waals surface area contributed by atoms with Gasteiger partial charge < -0.3 is 14.2 Å². The van der Waals surface area contributed by atoms with E-state index >= 15 is 0 Å². The molecular formula is C52H48N2O. The number of ether oxygens (including phenoxy) is 1. The zero-order valence-electron chi connectivity index (χ0n) is 31.9. The Hall–Kier alpha value is -5.80. The number of hydrogen-bond acceptors (Lipinski definition) is 2. The van der Waals surface area contributed by atoms with Crippen molar-refractivity contribution in [2.45, 2.75) is 52.4 Å². The maximum absolute atomic E-state index is 6.82. The van der Waals surface area contributed by atoms with Gasteiger partial charge in [0.05, 0.1) is 16.7 Å². The van der Waals surface area contributed by atoms with Crippen molar-refractivity contribution in [2.75, 3.05) is 4.90 Å². The summed E-state index contributed by atoms with van der Waals surface area (Å²) in [6.45, 7) is 4.60. The minimum absolute atomic E-state index is 0.669. The Morgan fingerprint density at radius 2 is 1.18 bits per heavy atom. The first kappa shape index (κ1) is 33.7. The highest BCUT2D eigenvalue weighted by atomic mass is 16.5. The first-order chi connectivity index (χ1) is 27.1. The van der Waals surface area contributed by atoms with Gasteiger partial charge in [-0.15, -0.1) is 0 Å². The van der Waals surface area contributed by atoms with Crippen molar-refractivity contribution < 1.29 is 4.74 Å². The van der Waals surface area contributed by atoms with Gasteiger partial charge in [-0.05, 0) is 152 Å². The Bertz CT molecular complexity index is 2580. The van der Waals surface area contributed by atoms with Crippen LogP contribution in [0.15, 0.2) is 158 Å². The summed E-state index contributed by atoms with van der Waals surface area (Å²) in [5, 5.41) is 5.01. The zero-order chi connectivity index (χ0) is 36.9. The third-order valence-electron chi connectivity index (χ3n) is 12.5. The molecule has 55 heavy (non-hydrogen) atoms. The van der Waals surface area contributed by atoms with Gasteiger partial charge >= 0.3 is 0 Å². The van der Waals surface area contributed by atoms with Crippen LogP contribution >= 0.6 is 0 Å². The lowest BCUT2D eigenvalue weighted by atomic mass is 9.64. The minimum atomic E-state index is 0.669. The Labute approximate surface area is 324 Å². The molecule has 2 saturated carbocycles. The summed E-state index contributed by atoms with van der Waals surface area (Å²) in [5.41, 5.74) is 9.49. The third kappa shape index (κ3) is 6.36. The van der Waals surface area contributed by atoms with Gasteiger partial charge in [0.15, 0.2) is 0 Å². The summed E-state index contributed by atoms with van der Waals surface area (Å²) in [5.74, 6) is 5.15. The highest BCUT2D eigenvalue weighted by Crippen LogP contribution is 2.48. The average Bonchev–Trinajstić information content (AvgIpc) is 3.54. The van der Waals surface area contributed by atoms with E-state index in [1.54, 1.807) is 0 Å². The summed E-state index contributed by atoms with van der Waals surface area (Å²) in [4.78, 5) is 2.45. The molecule has 1 aromatic heterocycles. The fraction of sp³-hybridized carbons (Fsp3) is 0.231. The maximum atomic E-state index is 6.82. The molecule has 0 spiro atoms. The number of nitrogens with zero attached hydrogens (tertiary/aromatic N) is 2. The smallest absolute Gasteiger partial charge is 0.130 e. The van der Waals surface area contributed by atoms with Crippen LogP contribution in [-0.2, 0) is 6.42 Å². The third-order valence-corrected chi connectivity index (χ3v) is 12.5. The number of aromatic nitrogens is 1. The van der Waals surface area contributed by atoms with Gasteiger partial charge in [0, 0.05) is 33.2 Å². The van der Waals surface area contributed by atoms with Crippen molar-refractivity contribution in [3.8, 4) is 17.2 Å². The lowest BCUT2D eigenvalue weighted by Gasteiger charge is -2.42. The fourth-order valence-electron chi connectivity index (χ4n) is 10.3. The van der Waals surface area contributed by atoms with Crippen LogP contribution in [0.25, 0.3) is 38.3 Å². The number of anilines is 3. The summed E-state index contributed by atoms with van der Waals surface area (Å²) in [6, 6.07) is 57.4. The highest BCUT2D eigenvalue weighted by molar-refractivity contribution is 6.09. The highest BCUT2D eigenvalue weighted by Gasteiger charge is 2.35. The molecule has 2 unspecified atom stereocenters. The molecule has 2 aliphatic rings. The molecule has 0 saturated heterocycles. The van der Waals surface area contributed by atoms with E-state index in [2.05, 4.69) is 181 Å². The molecule has 0 N–H and O–H groups in total. The number of rotatable bonds is 8. The fourth-order valence-corrected chi connectivity index (χ4v) is 10.3. The number of para-hydroxylation sites is 3. The van der Waals surface area contributed by atoms with Gasteiger partial charge in [-0.2, -0.15) is 0 Å². The molecule has 0 radical (unpaired) electrons. The lowest BCUT2D eigenvalue weighted by molar-refractivity contribution is 0.103. The summed E-state index contributed by atoms with van der Waals surface area (Å²) < 4.78 is 9.21. The predicted molar refractivity (Wildman–Crippen MR) is 231 cm³/mol. The first-order valence-electron chi connectivity index (χ1n) is 20.3. The quantitative estimate of drug-likeness (QED) is 0.156. The molecule has 8 aromatic rings. The second kappa shape index (κ2) is 14.1. The van der Waals surface area contributed by atoms with Crippen molar-refractivity contribution in [3.05, 3.63) is 169 Å². The van der Waals surface area contributed by atoms with Crippen molar-refractivity contribution in [3.63, 3.8) is 0 Å². The van der Waals surface area contributed by atoms with Gasteiger partial charge in [-0.1, -0.05) is 97.9 Å². The van der Waals surface area contributed by atoms with Crippen molar-refractivity contribution in [1.29, 1.82) is 0 Å². The molecule has 2 bridgehead atoms. The molecule has 2 fully saturated rings. The van der Waals surface area contributed by atoms with Crippen LogP contribution in [0.5, 0.6) is 11.5 Å². The van der Waals surface area contributed by atoms with Crippen LogP contribution in [0.4, 0.5) is 17.1 Å². The van der Waals surface area contributed by atoms with E-state index in [-0.39, 0.29) is 0 Å². The molecule has 3 heteroatoms. The minimum Gasteiger partial charge on any atom is -0.457 e. The molecule has 1 heterocycles. The molecule has 2 aliphatic carbocycles. The molecule has 4 atom stereocenters. The summed E-state index contributed by atoms with van der Waals surface area (Å²) in [6.07, 6.45) is 7.88. The summed E-state index contributed by atoms with van der Waals surface area (Å²) in [7, 11) is 0. The van der Waals surface area contributed by atoms with Crippen molar-refractivity contribution >= 4 is 49.6 Å². The van der Waals surface area contributed by atoms with Crippen LogP contribution in [0.3, 0.4) is 0 Å². The number of benzene rings is 7. The van der Waals surface area contributed by atoms with E-state index in [1.165, 1.54) is 75.9 Å². The van der Waals surface area contributed by atoms with E-state index in [1.807, 2.05) is 0 Å². The van der Waals surface area contributed by atoms with Crippen LogP contribution in [0.2, 0.25) is 0 Å². The molecule has 272 valence electrons. The van der Waals surface area contributed by atoms with E-state index < -0.39 is 0 Å². The Balaban J connectivity index is 1.10. The topological polar surface area (TPSA) is 17.4 Å². The summed E-state index contributed by atoms with van der Waals surface area (Å²) >= 11 is 0. The SMILES string of the molecule is Cc1ccccc1Oc1ccc(N(c2ccc(-n3c4ccccc4c4ccccc43)cc2)c2cccc3ccccc23)cc1CC1C[C@H]2CC(C)C[C@@H](C1)C2. The van der Waals surface area contributed by atoms with E-state index in [0.29, 0.717) is 5.92 Å². The van der Waals surface area contributed by atoms with E-state index in [9.17, 15) is 0 Å². The maximum Gasteiger partial charge on any atom is 0.130 e. The molecule has 0 aliphatic heterocycles. The largest absolute Gasteiger partial charge is 0.457 e. The molecule has 0 amide bonds. The van der Waals surface area contributed by atoms with Gasteiger partial charge in [0.1, 0.15) is 11.5 Å². The van der Waals surface area contributed by atoms with Gasteiger partial charge in [0.25, 0.3) is 0 Å². The molecule has 3 nitrogen and oxygen atoms in total. The average molecular weight is 717 g/mol. The Morgan fingerprint density at radius 3 is 1.91 bits per heavy atom. The van der Waals surface area contributed by atoms with Crippen LogP contribution in [0.1, 0.15) is 50.2 Å². The lowest BCUT2D eigenvalue weighted by Crippen LogP contribution is -2.31. The van der Waals surface area contributed by atoms with Gasteiger partial charge in [-0.3, -0.25) is 0 Å². The number of aryl methyl sites for hydroxylation is 1. The van der Waals surface area contributed by atoms with Gasteiger partial charge in [0.2, 0.25) is 0 Å². The standard InChI is InChI=1S/C52H48N2O/c1-35-28-37-30-38(29-35)32-39(31-37)33-41-34-44(26-27-52(41)55-51-21-10-3-12-36(51)2)53(48-20-11-14-40-13-4-5-15-45(40)48)42-22-24-43(25-23-42)54-49-18-8-6-16-46(49)47-17-7-9-19-50(47)54/h3-27,34-35,37-39H,28-33H2,1-2H3/t35?,37-,38+,39?. The van der Waals surface area contributed by atoms with Crippen LogP contribution < -0.4 is 9.64 Å². The van der Waals surface area contributed by atoms with Gasteiger partial charge in [-0.25, -0.2) is 0 Å². The van der Waals surface area contributed by atoms with E-state index in [4.69, 9.17) is 4.74 Å². The predicted octanol–water partition coefficient (Wildman–Crippen LogP) is 14.5. The normalized spacial score (nSPS) is 19.5. The second-order valence-electron chi connectivity index (χ2n) is 16.5.